The maximum absolute atomic E-state index is 13.5. The zero-order chi connectivity index (χ0) is 25.1. The molecule has 0 spiro atoms. The highest BCUT2D eigenvalue weighted by molar-refractivity contribution is 6.33. The van der Waals surface area contributed by atoms with Gasteiger partial charge in [-0.15, -0.1) is 0 Å². The molecule has 0 saturated heterocycles. The van der Waals surface area contributed by atoms with Crippen LogP contribution in [0.1, 0.15) is 19.4 Å². The summed E-state index contributed by atoms with van der Waals surface area (Å²) in [4.78, 5) is 26.3. The van der Waals surface area contributed by atoms with E-state index >= 15 is 0 Å². The lowest BCUT2D eigenvalue weighted by Crippen LogP contribution is -2.31. The zero-order valence-corrected chi connectivity index (χ0v) is 20.9. The minimum Gasteiger partial charge on any atom is -0.494 e. The molecule has 8 heteroatoms. The van der Waals surface area contributed by atoms with Crippen LogP contribution >= 0.6 is 23.2 Å². The molecule has 0 saturated carbocycles. The first kappa shape index (κ1) is 24.6. The minimum absolute atomic E-state index is 0.125. The molecular weight excluding hydrogens is 489 g/mol. The second-order valence-corrected chi connectivity index (χ2v) is 8.69. The number of amides is 1. The van der Waals surface area contributed by atoms with Crippen molar-refractivity contribution in [2.75, 3.05) is 11.9 Å². The fourth-order valence-corrected chi connectivity index (χ4v) is 3.89. The lowest BCUT2D eigenvalue weighted by atomic mass is 10.1. The Bertz CT molecular complexity index is 1450. The van der Waals surface area contributed by atoms with E-state index in [0.717, 1.165) is 5.56 Å². The van der Waals surface area contributed by atoms with E-state index in [1.54, 1.807) is 61.5 Å². The highest BCUT2D eigenvalue weighted by atomic mass is 35.5. The van der Waals surface area contributed by atoms with Crippen LogP contribution in [0.15, 0.2) is 69.9 Å². The van der Waals surface area contributed by atoms with Gasteiger partial charge in [0.05, 0.1) is 17.0 Å². The van der Waals surface area contributed by atoms with Crippen molar-refractivity contribution in [3.63, 3.8) is 0 Å². The first-order chi connectivity index (χ1) is 16.8. The largest absolute Gasteiger partial charge is 0.494 e. The summed E-state index contributed by atoms with van der Waals surface area (Å²) in [7, 11) is 0. The third-order valence-electron chi connectivity index (χ3n) is 5.35. The Morgan fingerprint density at radius 1 is 1.06 bits per heavy atom. The monoisotopic (exact) mass is 511 g/mol. The fraction of sp³-hybridized carbons (Fsp3) is 0.185. The number of hydrogen-bond acceptors (Lipinski definition) is 5. The van der Waals surface area contributed by atoms with Crippen molar-refractivity contribution in [3.05, 3.63) is 86.5 Å². The number of fused-ring (bicyclic) bond motifs is 1. The minimum atomic E-state index is -1.02. The lowest BCUT2D eigenvalue weighted by molar-refractivity contribution is -0.122. The summed E-state index contributed by atoms with van der Waals surface area (Å²) in [5.41, 5.74) is 1.67. The van der Waals surface area contributed by atoms with Gasteiger partial charge in [-0.3, -0.25) is 9.59 Å². The Kier molecular flexibility index (Phi) is 7.34. The first-order valence-corrected chi connectivity index (χ1v) is 11.8. The van der Waals surface area contributed by atoms with Gasteiger partial charge in [-0.25, -0.2) is 0 Å². The van der Waals surface area contributed by atoms with Crippen molar-refractivity contribution < 1.29 is 18.7 Å². The van der Waals surface area contributed by atoms with Gasteiger partial charge in [0.1, 0.15) is 11.3 Å². The van der Waals surface area contributed by atoms with Gasteiger partial charge in [-0.05, 0) is 74.9 Å². The van der Waals surface area contributed by atoms with Crippen molar-refractivity contribution in [1.29, 1.82) is 0 Å². The average molecular weight is 512 g/mol. The van der Waals surface area contributed by atoms with Gasteiger partial charge in [0.25, 0.3) is 5.91 Å². The van der Waals surface area contributed by atoms with Gasteiger partial charge < -0.3 is 19.2 Å². The Balaban J connectivity index is 1.71. The second kappa shape index (κ2) is 10.4. The third-order valence-corrected chi connectivity index (χ3v) is 6.08. The molecule has 0 fully saturated rings. The number of ether oxygens (including phenoxy) is 2. The quantitative estimate of drug-likeness (QED) is 0.292. The van der Waals surface area contributed by atoms with Crippen LogP contribution in [0.2, 0.25) is 10.0 Å². The van der Waals surface area contributed by atoms with E-state index in [4.69, 9.17) is 37.1 Å². The standard InChI is InChI=1S/C27H23Cl2NO5/c1-4-33-18-11-9-17(10-12-18)30-27(32)16(3)34-26-24(31)20-14-22(29)15(2)13-23(20)35-25(26)19-7-5-6-8-21(19)28/h5-14,16H,4H2,1-3H3,(H,30,32). The summed E-state index contributed by atoms with van der Waals surface area (Å²) < 4.78 is 17.4. The summed E-state index contributed by atoms with van der Waals surface area (Å²) in [5.74, 6) is 0.262. The molecule has 0 aliphatic carbocycles. The van der Waals surface area contributed by atoms with E-state index in [1.807, 2.05) is 13.8 Å². The summed E-state index contributed by atoms with van der Waals surface area (Å²) in [6, 6.07) is 17.1. The molecule has 4 aromatic rings. The molecule has 35 heavy (non-hydrogen) atoms. The maximum atomic E-state index is 13.5. The summed E-state index contributed by atoms with van der Waals surface area (Å²) in [6.45, 7) is 5.80. The van der Waals surface area contributed by atoms with Crippen LogP contribution in [0.5, 0.6) is 11.5 Å². The molecule has 0 aliphatic rings. The van der Waals surface area contributed by atoms with E-state index in [2.05, 4.69) is 5.32 Å². The van der Waals surface area contributed by atoms with E-state index in [0.29, 0.717) is 39.2 Å². The highest BCUT2D eigenvalue weighted by Crippen LogP contribution is 2.36. The molecule has 1 N–H and O–H groups in total. The molecule has 180 valence electrons. The number of halogens is 2. The summed E-state index contributed by atoms with van der Waals surface area (Å²) in [5, 5.41) is 3.81. The van der Waals surface area contributed by atoms with Gasteiger partial charge in [-0.2, -0.15) is 0 Å². The number of benzene rings is 3. The van der Waals surface area contributed by atoms with Crippen molar-refractivity contribution in [2.45, 2.75) is 26.9 Å². The van der Waals surface area contributed by atoms with Crippen molar-refractivity contribution >= 4 is 45.8 Å². The average Bonchev–Trinajstić information content (AvgIpc) is 2.84. The van der Waals surface area contributed by atoms with Gasteiger partial charge in [0.15, 0.2) is 11.9 Å². The van der Waals surface area contributed by atoms with Crippen LogP contribution in [0.3, 0.4) is 0 Å². The number of anilines is 1. The predicted molar refractivity (Wildman–Crippen MR) is 139 cm³/mol. The zero-order valence-electron chi connectivity index (χ0n) is 19.4. The Labute approximate surface area is 212 Å². The van der Waals surface area contributed by atoms with Gasteiger partial charge in [-0.1, -0.05) is 35.3 Å². The highest BCUT2D eigenvalue weighted by Gasteiger charge is 2.24. The third kappa shape index (κ3) is 5.29. The molecule has 1 aromatic heterocycles. The van der Waals surface area contributed by atoms with Crippen molar-refractivity contribution in [2.24, 2.45) is 0 Å². The summed E-state index contributed by atoms with van der Waals surface area (Å²) in [6.07, 6.45) is -1.02. The maximum Gasteiger partial charge on any atom is 0.265 e. The molecule has 0 radical (unpaired) electrons. The molecule has 1 heterocycles. The molecule has 0 bridgehead atoms. The van der Waals surface area contributed by atoms with Gasteiger partial charge in [0, 0.05) is 16.3 Å². The topological polar surface area (TPSA) is 77.8 Å². The molecule has 0 aliphatic heterocycles. The Morgan fingerprint density at radius 3 is 2.46 bits per heavy atom. The number of rotatable bonds is 7. The van der Waals surface area contributed by atoms with Crippen LogP contribution in [0, 0.1) is 6.92 Å². The first-order valence-electron chi connectivity index (χ1n) is 11.0. The number of carbonyl (C=O) groups is 1. The van der Waals surface area contributed by atoms with Crippen LogP contribution < -0.4 is 20.2 Å². The molecule has 1 atom stereocenters. The van der Waals surface area contributed by atoms with Crippen LogP contribution in [0.25, 0.3) is 22.3 Å². The lowest BCUT2D eigenvalue weighted by Gasteiger charge is -2.17. The normalized spacial score (nSPS) is 11.8. The number of hydrogen-bond donors (Lipinski definition) is 1. The van der Waals surface area contributed by atoms with E-state index in [9.17, 15) is 9.59 Å². The molecule has 1 unspecified atom stereocenters. The number of nitrogens with one attached hydrogen (secondary N) is 1. The number of carbonyl (C=O) groups excluding carboxylic acids is 1. The van der Waals surface area contributed by atoms with E-state index in [1.165, 1.54) is 6.07 Å². The van der Waals surface area contributed by atoms with E-state index < -0.39 is 17.4 Å². The smallest absolute Gasteiger partial charge is 0.265 e. The SMILES string of the molecule is CCOc1ccc(NC(=O)C(C)Oc2c(-c3ccccc3Cl)oc3cc(C)c(Cl)cc3c2=O)cc1. The van der Waals surface area contributed by atoms with Gasteiger partial charge in [0.2, 0.25) is 11.2 Å². The second-order valence-electron chi connectivity index (χ2n) is 7.87. The van der Waals surface area contributed by atoms with Crippen LogP contribution in [-0.4, -0.2) is 18.6 Å². The molecular formula is C27H23Cl2NO5. The van der Waals surface area contributed by atoms with E-state index in [-0.39, 0.29) is 16.9 Å². The molecule has 1 amide bonds. The van der Waals surface area contributed by atoms with Crippen molar-refractivity contribution in [3.8, 4) is 22.8 Å². The fourth-order valence-electron chi connectivity index (χ4n) is 3.50. The van der Waals surface area contributed by atoms with Crippen molar-refractivity contribution in [1.82, 2.24) is 0 Å². The van der Waals surface area contributed by atoms with Crippen LogP contribution in [0.4, 0.5) is 5.69 Å². The van der Waals surface area contributed by atoms with Gasteiger partial charge >= 0.3 is 0 Å². The predicted octanol–water partition coefficient (Wildman–Crippen LogP) is 6.88. The Morgan fingerprint density at radius 2 is 1.77 bits per heavy atom. The molecule has 4 rings (SSSR count). The molecule has 3 aromatic carbocycles. The summed E-state index contributed by atoms with van der Waals surface area (Å²) >= 11 is 12.7. The molecule has 6 nitrogen and oxygen atoms in total. The Hall–Kier alpha value is -3.48. The number of aryl methyl sites for hydroxylation is 1. The van der Waals surface area contributed by atoms with Crippen LogP contribution in [-0.2, 0) is 4.79 Å².